The van der Waals surface area contributed by atoms with E-state index in [0.29, 0.717) is 6.04 Å². The van der Waals surface area contributed by atoms with Crippen LogP contribution in [0.4, 0.5) is 0 Å². The summed E-state index contributed by atoms with van der Waals surface area (Å²) in [5, 5.41) is 3.64. The Balaban J connectivity index is 2.51. The van der Waals surface area contributed by atoms with Crippen molar-refractivity contribution in [3.05, 3.63) is 0 Å². The van der Waals surface area contributed by atoms with E-state index in [1.165, 1.54) is 19.4 Å². The van der Waals surface area contributed by atoms with Gasteiger partial charge in [0.15, 0.2) is 0 Å². The largest absolute Gasteiger partial charge is 0.315 e. The highest BCUT2D eigenvalue weighted by atomic mass is 15.2. The van der Waals surface area contributed by atoms with Gasteiger partial charge in [-0.05, 0) is 44.1 Å². The van der Waals surface area contributed by atoms with Crippen molar-refractivity contribution in [3.8, 4) is 0 Å². The number of nitrogens with one attached hydrogen (secondary N) is 1. The molecular weight excluding hydrogens is 220 g/mol. The summed E-state index contributed by atoms with van der Waals surface area (Å²) in [7, 11) is 0. The van der Waals surface area contributed by atoms with E-state index in [4.69, 9.17) is 0 Å². The van der Waals surface area contributed by atoms with Crippen LogP contribution in [0.5, 0.6) is 0 Å². The van der Waals surface area contributed by atoms with Gasteiger partial charge in [-0.2, -0.15) is 0 Å². The summed E-state index contributed by atoms with van der Waals surface area (Å²) in [5.74, 6) is 2.45. The molecule has 1 saturated heterocycles. The van der Waals surface area contributed by atoms with Gasteiger partial charge < -0.3 is 5.32 Å². The van der Waals surface area contributed by atoms with Crippen molar-refractivity contribution in [2.24, 2.45) is 17.8 Å². The number of hydrogen-bond donors (Lipinski definition) is 1. The van der Waals surface area contributed by atoms with Crippen molar-refractivity contribution < 1.29 is 0 Å². The minimum Gasteiger partial charge on any atom is -0.315 e. The highest BCUT2D eigenvalue weighted by Crippen LogP contribution is 2.29. The Bertz CT molecular complexity index is 227. The first-order chi connectivity index (χ1) is 8.45. The lowest BCUT2D eigenvalue weighted by atomic mass is 9.84. The van der Waals surface area contributed by atoms with E-state index in [2.05, 4.69) is 51.8 Å². The molecular formula is C16H34N2. The summed E-state index contributed by atoms with van der Waals surface area (Å²) < 4.78 is 0. The maximum atomic E-state index is 3.64. The van der Waals surface area contributed by atoms with Crippen molar-refractivity contribution in [2.45, 2.75) is 66.5 Å². The van der Waals surface area contributed by atoms with E-state index in [1.54, 1.807) is 0 Å². The molecule has 18 heavy (non-hydrogen) atoms. The topological polar surface area (TPSA) is 15.3 Å². The van der Waals surface area contributed by atoms with E-state index in [-0.39, 0.29) is 0 Å². The molecule has 1 rings (SSSR count). The quantitative estimate of drug-likeness (QED) is 0.782. The minimum absolute atomic E-state index is 0.712. The molecule has 1 heterocycles. The van der Waals surface area contributed by atoms with Crippen LogP contribution < -0.4 is 5.32 Å². The van der Waals surface area contributed by atoms with Gasteiger partial charge >= 0.3 is 0 Å². The Labute approximate surface area is 115 Å². The average molecular weight is 254 g/mol. The zero-order valence-corrected chi connectivity index (χ0v) is 13.4. The second-order valence-electron chi connectivity index (χ2n) is 6.87. The number of piperidine rings is 1. The van der Waals surface area contributed by atoms with Crippen LogP contribution in [0.2, 0.25) is 0 Å². The van der Waals surface area contributed by atoms with E-state index < -0.39 is 0 Å². The zero-order chi connectivity index (χ0) is 13.7. The number of likely N-dealkylation sites (tertiary alicyclic amines) is 1. The molecule has 0 amide bonds. The first kappa shape index (κ1) is 16.0. The molecule has 1 fully saturated rings. The Hall–Kier alpha value is -0.0800. The monoisotopic (exact) mass is 254 g/mol. The Morgan fingerprint density at radius 3 is 2.39 bits per heavy atom. The third-order valence-electron chi connectivity index (χ3n) is 4.52. The maximum Gasteiger partial charge on any atom is 0.0221 e. The summed E-state index contributed by atoms with van der Waals surface area (Å²) >= 11 is 0. The molecule has 0 aromatic carbocycles. The second-order valence-corrected chi connectivity index (χ2v) is 6.87. The predicted octanol–water partition coefficient (Wildman–Crippen LogP) is 3.38. The molecule has 0 spiro atoms. The summed E-state index contributed by atoms with van der Waals surface area (Å²) in [6, 6.07) is 1.45. The fourth-order valence-electron chi connectivity index (χ4n) is 3.28. The van der Waals surface area contributed by atoms with Crippen molar-refractivity contribution in [2.75, 3.05) is 19.6 Å². The summed E-state index contributed by atoms with van der Waals surface area (Å²) in [6.45, 7) is 17.7. The molecule has 108 valence electrons. The first-order valence-electron chi connectivity index (χ1n) is 7.92. The van der Waals surface area contributed by atoms with Crippen LogP contribution >= 0.6 is 0 Å². The maximum absolute atomic E-state index is 3.64. The first-order valence-corrected chi connectivity index (χ1v) is 7.92. The summed E-state index contributed by atoms with van der Waals surface area (Å²) in [6.07, 6.45) is 2.66. The molecule has 0 aromatic heterocycles. The van der Waals surface area contributed by atoms with Crippen molar-refractivity contribution in [3.63, 3.8) is 0 Å². The van der Waals surface area contributed by atoms with Crippen LogP contribution in [0, 0.1) is 17.8 Å². The van der Waals surface area contributed by atoms with Crippen LogP contribution in [0.3, 0.4) is 0 Å². The van der Waals surface area contributed by atoms with Crippen LogP contribution in [-0.2, 0) is 0 Å². The fourth-order valence-corrected chi connectivity index (χ4v) is 3.28. The SMILES string of the molecule is CCC(CNCC(C)C)N1CC(C)CC(C)C1C. The smallest absolute Gasteiger partial charge is 0.0221 e. The van der Waals surface area contributed by atoms with Gasteiger partial charge in [-0.3, -0.25) is 4.90 Å². The molecule has 0 aliphatic carbocycles. The van der Waals surface area contributed by atoms with Crippen LogP contribution in [0.25, 0.3) is 0 Å². The third-order valence-corrected chi connectivity index (χ3v) is 4.52. The molecule has 1 N–H and O–H groups in total. The lowest BCUT2D eigenvalue weighted by molar-refractivity contribution is 0.0383. The molecule has 2 heteroatoms. The van der Waals surface area contributed by atoms with Gasteiger partial charge in [0.25, 0.3) is 0 Å². The normalized spacial score (nSPS) is 31.8. The molecule has 2 nitrogen and oxygen atoms in total. The average Bonchev–Trinajstić information content (AvgIpc) is 2.29. The third kappa shape index (κ3) is 4.55. The zero-order valence-electron chi connectivity index (χ0n) is 13.4. The van der Waals surface area contributed by atoms with Gasteiger partial charge in [0.05, 0.1) is 0 Å². The predicted molar refractivity (Wildman–Crippen MR) is 80.9 cm³/mol. The van der Waals surface area contributed by atoms with E-state index in [0.717, 1.165) is 36.9 Å². The van der Waals surface area contributed by atoms with Crippen molar-refractivity contribution in [1.29, 1.82) is 0 Å². The van der Waals surface area contributed by atoms with Crippen LogP contribution in [0.15, 0.2) is 0 Å². The van der Waals surface area contributed by atoms with Gasteiger partial charge in [0.1, 0.15) is 0 Å². The number of hydrogen-bond acceptors (Lipinski definition) is 2. The van der Waals surface area contributed by atoms with Crippen LogP contribution in [0.1, 0.15) is 54.4 Å². The van der Waals surface area contributed by atoms with E-state index >= 15 is 0 Å². The molecule has 4 atom stereocenters. The minimum atomic E-state index is 0.712. The van der Waals surface area contributed by atoms with Crippen molar-refractivity contribution in [1.82, 2.24) is 10.2 Å². The Kier molecular flexibility index (Phi) is 6.65. The van der Waals surface area contributed by atoms with Gasteiger partial charge in [0.2, 0.25) is 0 Å². The molecule has 0 saturated carbocycles. The second kappa shape index (κ2) is 7.49. The molecule has 0 radical (unpaired) electrons. The van der Waals surface area contributed by atoms with Gasteiger partial charge in [-0.15, -0.1) is 0 Å². The van der Waals surface area contributed by atoms with E-state index in [9.17, 15) is 0 Å². The summed E-state index contributed by atoms with van der Waals surface area (Å²) in [5.41, 5.74) is 0. The molecule has 0 bridgehead atoms. The highest BCUT2D eigenvalue weighted by Gasteiger charge is 2.32. The number of nitrogens with zero attached hydrogens (tertiary/aromatic N) is 1. The van der Waals surface area contributed by atoms with Crippen molar-refractivity contribution >= 4 is 0 Å². The summed E-state index contributed by atoms with van der Waals surface area (Å²) in [4.78, 5) is 2.76. The Morgan fingerprint density at radius 1 is 1.17 bits per heavy atom. The lowest BCUT2D eigenvalue weighted by Gasteiger charge is -2.45. The molecule has 0 aromatic rings. The number of rotatable bonds is 6. The van der Waals surface area contributed by atoms with Gasteiger partial charge in [0, 0.05) is 25.2 Å². The van der Waals surface area contributed by atoms with Gasteiger partial charge in [-0.25, -0.2) is 0 Å². The highest BCUT2D eigenvalue weighted by molar-refractivity contribution is 4.87. The molecule has 4 unspecified atom stereocenters. The molecule has 1 aliphatic heterocycles. The van der Waals surface area contributed by atoms with Crippen LogP contribution in [-0.4, -0.2) is 36.6 Å². The lowest BCUT2D eigenvalue weighted by Crippen LogP contribution is -2.53. The standard InChI is InChI=1S/C16H34N2/c1-7-16(10-17-9-12(2)3)18-11-13(4)8-14(5)15(18)6/h12-17H,7-11H2,1-6H3. The Morgan fingerprint density at radius 2 is 1.83 bits per heavy atom. The van der Waals surface area contributed by atoms with Gasteiger partial charge in [-0.1, -0.05) is 34.6 Å². The van der Waals surface area contributed by atoms with E-state index in [1.807, 2.05) is 0 Å². The fraction of sp³-hybridized carbons (Fsp3) is 1.00. The molecule has 1 aliphatic rings.